The molecule has 1 aromatic rings. The fourth-order valence-electron chi connectivity index (χ4n) is 2.67. The molecule has 0 spiro atoms. The van der Waals surface area contributed by atoms with Crippen molar-refractivity contribution in [2.24, 2.45) is 0 Å². The molecule has 1 fully saturated rings. The van der Waals surface area contributed by atoms with Crippen molar-refractivity contribution in [1.29, 1.82) is 0 Å². The van der Waals surface area contributed by atoms with Crippen molar-refractivity contribution in [2.75, 3.05) is 33.9 Å². The number of ether oxygens (including phenoxy) is 2. The molecule has 1 N–H and O–H groups in total. The molecular formula is C16H19N3O5. The Morgan fingerprint density at radius 1 is 1.25 bits per heavy atom. The van der Waals surface area contributed by atoms with Gasteiger partial charge in [0.1, 0.15) is 25.3 Å². The van der Waals surface area contributed by atoms with Crippen LogP contribution in [0.3, 0.4) is 0 Å². The van der Waals surface area contributed by atoms with Crippen LogP contribution in [0, 0.1) is 0 Å². The first-order chi connectivity index (χ1) is 11.3. The summed E-state index contributed by atoms with van der Waals surface area (Å²) in [5.41, 5.74) is -0.676. The summed E-state index contributed by atoms with van der Waals surface area (Å²) in [6.45, 7) is 2.22. The van der Waals surface area contributed by atoms with Gasteiger partial charge in [-0.2, -0.15) is 0 Å². The Bertz CT molecular complexity index is 718. The van der Waals surface area contributed by atoms with E-state index in [-0.39, 0.29) is 12.5 Å². The molecule has 4 amide bonds. The number of amides is 4. The minimum absolute atomic E-state index is 0.294. The Labute approximate surface area is 139 Å². The van der Waals surface area contributed by atoms with Crippen LogP contribution in [0.5, 0.6) is 11.5 Å². The number of imide groups is 1. The minimum atomic E-state index is -1.25. The van der Waals surface area contributed by atoms with Gasteiger partial charge in [-0.25, -0.2) is 4.79 Å². The highest BCUT2D eigenvalue weighted by atomic mass is 16.6. The van der Waals surface area contributed by atoms with Gasteiger partial charge in [0.2, 0.25) is 5.91 Å². The summed E-state index contributed by atoms with van der Waals surface area (Å²) in [4.78, 5) is 39.1. The van der Waals surface area contributed by atoms with E-state index in [0.717, 1.165) is 4.90 Å². The summed E-state index contributed by atoms with van der Waals surface area (Å²) in [6.07, 6.45) is 0. The second-order valence-corrected chi connectivity index (χ2v) is 6.09. The largest absolute Gasteiger partial charge is 0.486 e. The van der Waals surface area contributed by atoms with Crippen molar-refractivity contribution < 1.29 is 23.9 Å². The first kappa shape index (κ1) is 16.1. The third-order valence-electron chi connectivity index (χ3n) is 4.19. The normalized spacial score (nSPS) is 22.4. The Balaban J connectivity index is 1.89. The smallest absolute Gasteiger partial charge is 0.325 e. The highest BCUT2D eigenvalue weighted by Crippen LogP contribution is 2.36. The standard InChI is InChI=1S/C16H19N3O5/c1-16(10-4-5-11-12(8-10)24-7-6-23-11)14(21)19(15(22)17-16)9-13(20)18(2)3/h4-5,8H,6-7,9H2,1-3H3,(H,17,22)/t16-/m0/s1. The number of rotatable bonds is 3. The maximum atomic E-state index is 12.8. The molecule has 8 heteroatoms. The second kappa shape index (κ2) is 5.70. The third kappa shape index (κ3) is 2.53. The van der Waals surface area contributed by atoms with Crippen LogP contribution in [-0.4, -0.2) is 61.5 Å². The maximum Gasteiger partial charge on any atom is 0.325 e. The van der Waals surface area contributed by atoms with Crippen LogP contribution < -0.4 is 14.8 Å². The molecule has 24 heavy (non-hydrogen) atoms. The van der Waals surface area contributed by atoms with Gasteiger partial charge in [-0.3, -0.25) is 14.5 Å². The van der Waals surface area contributed by atoms with Crippen molar-refractivity contribution in [2.45, 2.75) is 12.5 Å². The Morgan fingerprint density at radius 3 is 2.58 bits per heavy atom. The number of urea groups is 1. The zero-order chi connectivity index (χ0) is 17.5. The summed E-state index contributed by atoms with van der Waals surface area (Å²) in [7, 11) is 3.14. The van der Waals surface area contributed by atoms with E-state index in [0.29, 0.717) is 30.3 Å². The van der Waals surface area contributed by atoms with Crippen molar-refractivity contribution in [3.63, 3.8) is 0 Å². The number of hydrogen-bond acceptors (Lipinski definition) is 5. The highest BCUT2D eigenvalue weighted by Gasteiger charge is 2.49. The molecular weight excluding hydrogens is 314 g/mol. The predicted molar refractivity (Wildman–Crippen MR) is 83.7 cm³/mol. The van der Waals surface area contributed by atoms with E-state index in [9.17, 15) is 14.4 Å². The van der Waals surface area contributed by atoms with Crippen LogP contribution in [0.25, 0.3) is 0 Å². The van der Waals surface area contributed by atoms with E-state index < -0.39 is 17.5 Å². The molecule has 2 heterocycles. The van der Waals surface area contributed by atoms with E-state index in [2.05, 4.69) is 5.32 Å². The summed E-state index contributed by atoms with van der Waals surface area (Å²) in [6, 6.07) is 4.52. The first-order valence-electron chi connectivity index (χ1n) is 7.57. The Hall–Kier alpha value is -2.77. The molecule has 0 bridgehead atoms. The van der Waals surface area contributed by atoms with Gasteiger partial charge in [0.15, 0.2) is 11.5 Å². The van der Waals surface area contributed by atoms with Gasteiger partial charge in [-0.1, -0.05) is 6.07 Å². The number of carbonyl (C=O) groups excluding carboxylic acids is 3. The van der Waals surface area contributed by atoms with Gasteiger partial charge in [-0.15, -0.1) is 0 Å². The molecule has 1 aromatic carbocycles. The summed E-state index contributed by atoms with van der Waals surface area (Å²) in [5.74, 6) is 0.333. The number of likely N-dealkylation sites (N-methyl/N-ethyl adjacent to an activating group) is 1. The van der Waals surface area contributed by atoms with Gasteiger partial charge in [-0.05, 0) is 24.6 Å². The van der Waals surface area contributed by atoms with Crippen LogP contribution in [0.2, 0.25) is 0 Å². The summed E-state index contributed by atoms with van der Waals surface area (Å²) in [5, 5.41) is 2.67. The number of hydrogen-bond donors (Lipinski definition) is 1. The molecule has 0 radical (unpaired) electrons. The molecule has 3 rings (SSSR count). The predicted octanol–water partition coefficient (Wildman–Crippen LogP) is 0.313. The fraction of sp³-hybridized carbons (Fsp3) is 0.438. The van der Waals surface area contributed by atoms with E-state index in [1.807, 2.05) is 0 Å². The average molecular weight is 333 g/mol. The van der Waals surface area contributed by atoms with Crippen molar-refractivity contribution in [3.05, 3.63) is 23.8 Å². The lowest BCUT2D eigenvalue weighted by Crippen LogP contribution is -2.43. The average Bonchev–Trinajstić information content (AvgIpc) is 2.78. The molecule has 1 atom stereocenters. The summed E-state index contributed by atoms with van der Waals surface area (Å²) >= 11 is 0. The topological polar surface area (TPSA) is 88.2 Å². The number of nitrogens with one attached hydrogen (secondary N) is 1. The molecule has 2 aliphatic heterocycles. The number of nitrogens with zero attached hydrogens (tertiary/aromatic N) is 2. The van der Waals surface area contributed by atoms with Gasteiger partial charge in [0, 0.05) is 14.1 Å². The maximum absolute atomic E-state index is 12.8. The van der Waals surface area contributed by atoms with E-state index in [1.54, 1.807) is 39.2 Å². The number of fused-ring (bicyclic) bond motifs is 1. The van der Waals surface area contributed by atoms with Gasteiger partial charge in [0.05, 0.1) is 0 Å². The van der Waals surface area contributed by atoms with Crippen LogP contribution in [0.1, 0.15) is 12.5 Å². The Morgan fingerprint density at radius 2 is 1.92 bits per heavy atom. The SMILES string of the molecule is CN(C)C(=O)CN1C(=O)N[C@@](C)(c2ccc3c(c2)OCCO3)C1=O. The molecule has 128 valence electrons. The first-order valence-corrected chi connectivity index (χ1v) is 7.57. The van der Waals surface area contributed by atoms with E-state index in [1.165, 1.54) is 4.90 Å². The van der Waals surface area contributed by atoms with Crippen molar-refractivity contribution in [1.82, 2.24) is 15.1 Å². The molecule has 0 aliphatic carbocycles. The molecule has 0 aromatic heterocycles. The van der Waals surface area contributed by atoms with E-state index in [4.69, 9.17) is 9.47 Å². The van der Waals surface area contributed by atoms with Gasteiger partial charge < -0.3 is 19.7 Å². The number of benzene rings is 1. The van der Waals surface area contributed by atoms with Gasteiger partial charge >= 0.3 is 6.03 Å². The van der Waals surface area contributed by atoms with Crippen LogP contribution in [0.15, 0.2) is 18.2 Å². The van der Waals surface area contributed by atoms with Crippen LogP contribution >= 0.6 is 0 Å². The second-order valence-electron chi connectivity index (χ2n) is 6.09. The minimum Gasteiger partial charge on any atom is -0.486 e. The lowest BCUT2D eigenvalue weighted by Gasteiger charge is -2.25. The zero-order valence-corrected chi connectivity index (χ0v) is 13.8. The molecule has 2 aliphatic rings. The Kier molecular flexibility index (Phi) is 3.82. The summed E-state index contributed by atoms with van der Waals surface area (Å²) < 4.78 is 11.0. The third-order valence-corrected chi connectivity index (χ3v) is 4.19. The molecule has 0 saturated carbocycles. The highest BCUT2D eigenvalue weighted by molar-refractivity contribution is 6.09. The molecule has 0 unspecified atom stereocenters. The van der Waals surface area contributed by atoms with Crippen molar-refractivity contribution >= 4 is 17.8 Å². The fourth-order valence-corrected chi connectivity index (χ4v) is 2.67. The molecule has 8 nitrogen and oxygen atoms in total. The lowest BCUT2D eigenvalue weighted by atomic mass is 9.91. The quantitative estimate of drug-likeness (QED) is 0.805. The van der Waals surface area contributed by atoms with Gasteiger partial charge in [0.25, 0.3) is 5.91 Å². The monoisotopic (exact) mass is 333 g/mol. The molecule has 1 saturated heterocycles. The number of carbonyl (C=O) groups is 3. The lowest BCUT2D eigenvalue weighted by molar-refractivity contribution is -0.137. The van der Waals surface area contributed by atoms with E-state index >= 15 is 0 Å². The zero-order valence-electron chi connectivity index (χ0n) is 13.8. The van der Waals surface area contributed by atoms with Crippen LogP contribution in [-0.2, 0) is 15.1 Å². The van der Waals surface area contributed by atoms with Crippen LogP contribution in [0.4, 0.5) is 4.79 Å². The van der Waals surface area contributed by atoms with Crippen molar-refractivity contribution in [3.8, 4) is 11.5 Å².